The molecular weight excluding hydrogens is 563 g/mol. The van der Waals surface area contributed by atoms with Gasteiger partial charge in [-0.05, 0) is 69.5 Å². The Bertz CT molecular complexity index is 1410. The highest BCUT2D eigenvalue weighted by atomic mass is 35.5. The zero-order chi connectivity index (χ0) is 28.5. The van der Waals surface area contributed by atoms with Crippen LogP contribution in [0.15, 0.2) is 36.7 Å². The van der Waals surface area contributed by atoms with E-state index in [1.54, 1.807) is 18.2 Å². The minimum atomic E-state index is -0.427. The lowest BCUT2D eigenvalue weighted by Crippen LogP contribution is -2.60. The zero-order valence-corrected chi connectivity index (χ0v) is 24.7. The molecule has 9 nitrogen and oxygen atoms in total. The van der Waals surface area contributed by atoms with Crippen LogP contribution in [0.25, 0.3) is 11.3 Å². The minimum Gasteiger partial charge on any atom is -0.338 e. The van der Waals surface area contributed by atoms with Crippen molar-refractivity contribution in [2.45, 2.75) is 62.9 Å². The van der Waals surface area contributed by atoms with Crippen molar-refractivity contribution in [1.82, 2.24) is 30.4 Å². The van der Waals surface area contributed by atoms with Crippen LogP contribution in [0.3, 0.4) is 0 Å². The molecule has 1 amide bonds. The number of carbonyl (C=O) groups excluding carboxylic acids is 1. The van der Waals surface area contributed by atoms with Gasteiger partial charge < -0.3 is 16.0 Å². The number of nitrogens with zero attached hydrogens (tertiary/aromatic N) is 5. The molecule has 3 aromatic rings. The monoisotopic (exact) mass is 596 g/mol. The maximum absolute atomic E-state index is 14.6. The number of carbonyl (C=O) groups is 1. The Morgan fingerprint density at radius 1 is 1.10 bits per heavy atom. The van der Waals surface area contributed by atoms with Crippen LogP contribution in [0.4, 0.5) is 21.7 Å². The van der Waals surface area contributed by atoms with E-state index in [9.17, 15) is 9.18 Å². The van der Waals surface area contributed by atoms with E-state index in [-0.39, 0.29) is 22.6 Å². The lowest BCUT2D eigenvalue weighted by molar-refractivity contribution is -0.124. The number of aromatic nitrogens is 4. The summed E-state index contributed by atoms with van der Waals surface area (Å²) in [5, 5.41) is 19.3. The van der Waals surface area contributed by atoms with Crippen LogP contribution in [0, 0.1) is 11.7 Å². The highest BCUT2D eigenvalue weighted by Crippen LogP contribution is 2.43. The quantitative estimate of drug-likeness (QED) is 0.329. The molecule has 1 aromatic carbocycles. The number of rotatable bonds is 7. The summed E-state index contributed by atoms with van der Waals surface area (Å²) < 4.78 is 14.6. The fourth-order valence-corrected chi connectivity index (χ4v) is 7.44. The molecule has 4 heterocycles. The molecule has 12 heteroatoms. The topological polar surface area (TPSA) is 108 Å². The normalized spacial score (nSPS) is 26.4. The van der Waals surface area contributed by atoms with Crippen LogP contribution in [0.1, 0.15) is 50.5 Å². The molecule has 3 fully saturated rings. The fraction of sp³-hybridized carbons (Fsp3) is 0.483. The van der Waals surface area contributed by atoms with E-state index in [1.165, 1.54) is 18.5 Å². The van der Waals surface area contributed by atoms with Crippen molar-refractivity contribution in [3.63, 3.8) is 0 Å². The van der Waals surface area contributed by atoms with Crippen molar-refractivity contribution in [2.24, 2.45) is 5.92 Å². The lowest BCUT2D eigenvalue weighted by atomic mass is 9.78. The Balaban J connectivity index is 1.16. The first-order valence-electron chi connectivity index (χ1n) is 14.2. The van der Waals surface area contributed by atoms with Gasteiger partial charge in [0.05, 0.1) is 22.3 Å². The average Bonchev–Trinajstić information content (AvgIpc) is 3.44. The molecule has 0 bridgehead atoms. The highest BCUT2D eigenvalue weighted by Gasteiger charge is 2.40. The molecule has 2 aromatic heterocycles. The Labute approximate surface area is 248 Å². The van der Waals surface area contributed by atoms with Crippen LogP contribution in [0.5, 0.6) is 0 Å². The number of amides is 1. The van der Waals surface area contributed by atoms with Crippen LogP contribution < -0.4 is 16.0 Å². The summed E-state index contributed by atoms with van der Waals surface area (Å²) in [6.07, 6.45) is 5.21. The van der Waals surface area contributed by atoms with Gasteiger partial charge in [-0.15, -0.1) is 5.10 Å². The predicted octanol–water partition coefficient (Wildman–Crippen LogP) is 5.44. The molecule has 2 aliphatic heterocycles. The van der Waals surface area contributed by atoms with Crippen molar-refractivity contribution in [3.8, 4) is 11.3 Å². The molecule has 0 spiro atoms. The highest BCUT2D eigenvalue weighted by molar-refractivity contribution is 7.99. The van der Waals surface area contributed by atoms with E-state index in [2.05, 4.69) is 54.9 Å². The second kappa shape index (κ2) is 12.2. The summed E-state index contributed by atoms with van der Waals surface area (Å²) in [6, 6.07) is 9.23. The lowest BCUT2D eigenvalue weighted by Gasteiger charge is -2.47. The molecule has 3 N–H and O–H groups in total. The van der Waals surface area contributed by atoms with Crippen LogP contribution in [-0.2, 0) is 4.79 Å². The molecule has 216 valence electrons. The van der Waals surface area contributed by atoms with Gasteiger partial charge in [-0.25, -0.2) is 14.4 Å². The van der Waals surface area contributed by atoms with E-state index in [4.69, 9.17) is 11.6 Å². The van der Waals surface area contributed by atoms with E-state index in [0.717, 1.165) is 50.2 Å². The third-order valence-corrected chi connectivity index (χ3v) is 9.65. The summed E-state index contributed by atoms with van der Waals surface area (Å²) in [7, 11) is 0. The largest absolute Gasteiger partial charge is 0.338 e. The molecule has 1 unspecified atom stereocenters. The second-order valence-electron chi connectivity index (χ2n) is 11.3. The average molecular weight is 597 g/mol. The van der Waals surface area contributed by atoms with Gasteiger partial charge in [0.1, 0.15) is 23.8 Å². The first-order valence-corrected chi connectivity index (χ1v) is 15.6. The molecule has 3 atom stereocenters. The minimum absolute atomic E-state index is 0.0190. The third-order valence-electron chi connectivity index (χ3n) is 8.03. The van der Waals surface area contributed by atoms with E-state index in [1.807, 2.05) is 11.8 Å². The SMILES string of the molecule is C[C@@H]1CN(C2CC(C(=O)Nc3cc(Nc4cc(-c5cc(Cl)ccc5F)nnc4C4CCCS4)ncn3)C2)C[C@H](C)N1. The summed E-state index contributed by atoms with van der Waals surface area (Å²) in [5.74, 6) is 1.51. The Morgan fingerprint density at radius 2 is 1.88 bits per heavy atom. The molecule has 0 radical (unpaired) electrons. The maximum Gasteiger partial charge on any atom is 0.228 e. The number of thioether (sulfide) groups is 1. The number of piperazine rings is 1. The number of anilines is 3. The molecule has 1 aliphatic carbocycles. The number of halogens is 2. The second-order valence-corrected chi connectivity index (χ2v) is 13.0. The maximum atomic E-state index is 14.6. The Hall–Kier alpha value is -2.86. The Kier molecular flexibility index (Phi) is 8.39. The summed E-state index contributed by atoms with van der Waals surface area (Å²) in [6.45, 7) is 6.45. The van der Waals surface area contributed by atoms with E-state index >= 15 is 0 Å². The summed E-state index contributed by atoms with van der Waals surface area (Å²) in [5.41, 5.74) is 2.12. The van der Waals surface area contributed by atoms with Gasteiger partial charge in [-0.1, -0.05) is 11.6 Å². The number of benzene rings is 1. The van der Waals surface area contributed by atoms with Crippen molar-refractivity contribution in [3.05, 3.63) is 53.2 Å². The third kappa shape index (κ3) is 6.48. The van der Waals surface area contributed by atoms with Gasteiger partial charge in [0.15, 0.2) is 0 Å². The van der Waals surface area contributed by atoms with Crippen LogP contribution in [0.2, 0.25) is 5.02 Å². The van der Waals surface area contributed by atoms with Crippen molar-refractivity contribution >= 4 is 46.6 Å². The molecule has 3 aliphatic rings. The number of hydrogen-bond acceptors (Lipinski definition) is 9. The molecule has 2 saturated heterocycles. The summed E-state index contributed by atoms with van der Waals surface area (Å²) >= 11 is 7.96. The standard InChI is InChI=1S/C29H34ClFN8OS/c1-16-13-39(14-17(2)34-16)20-8-18(9-20)29(40)36-27-12-26(32-15-33-27)35-24-11-23(21-10-19(30)5-6-22(21)31)37-38-28(24)25-4-3-7-41-25/h5-6,10-12,15-18,20,25,34H,3-4,7-9,13-14H2,1-2H3,(H2,32,33,35,36,37,40)/t16-,17+,18?,20?,25?. The van der Waals surface area contributed by atoms with Gasteiger partial charge in [0.25, 0.3) is 0 Å². The van der Waals surface area contributed by atoms with Gasteiger partial charge in [0, 0.05) is 53.8 Å². The van der Waals surface area contributed by atoms with Crippen LogP contribution >= 0.6 is 23.4 Å². The number of hydrogen-bond donors (Lipinski definition) is 3. The first kappa shape index (κ1) is 28.3. The van der Waals surface area contributed by atoms with Crippen LogP contribution in [-0.4, -0.2) is 67.9 Å². The van der Waals surface area contributed by atoms with Gasteiger partial charge in [0.2, 0.25) is 5.91 Å². The summed E-state index contributed by atoms with van der Waals surface area (Å²) in [4.78, 5) is 24.2. The molecular formula is C29H34ClFN8OS. The Morgan fingerprint density at radius 3 is 2.63 bits per heavy atom. The predicted molar refractivity (Wildman–Crippen MR) is 161 cm³/mol. The van der Waals surface area contributed by atoms with Gasteiger partial charge in [-0.2, -0.15) is 16.9 Å². The van der Waals surface area contributed by atoms with Gasteiger partial charge >= 0.3 is 0 Å². The fourth-order valence-electron chi connectivity index (χ4n) is 5.99. The molecule has 1 saturated carbocycles. The van der Waals surface area contributed by atoms with E-state index in [0.29, 0.717) is 46.2 Å². The van der Waals surface area contributed by atoms with E-state index < -0.39 is 5.82 Å². The molecule has 6 rings (SSSR count). The van der Waals surface area contributed by atoms with Gasteiger partial charge in [-0.3, -0.25) is 9.69 Å². The zero-order valence-electron chi connectivity index (χ0n) is 23.1. The number of nitrogens with one attached hydrogen (secondary N) is 3. The smallest absolute Gasteiger partial charge is 0.228 e. The van der Waals surface area contributed by atoms with Crippen molar-refractivity contribution in [2.75, 3.05) is 29.5 Å². The molecule has 41 heavy (non-hydrogen) atoms. The van der Waals surface area contributed by atoms with Crippen molar-refractivity contribution in [1.29, 1.82) is 0 Å². The first-order chi connectivity index (χ1) is 19.8. The van der Waals surface area contributed by atoms with Crippen molar-refractivity contribution < 1.29 is 9.18 Å².